The summed E-state index contributed by atoms with van der Waals surface area (Å²) in [4.78, 5) is 114. The number of nitrogens with zero attached hydrogens (tertiary/aromatic N) is 2. The molecule has 2 aliphatic carbocycles. The number of rotatable bonds is 18. The van der Waals surface area contributed by atoms with Gasteiger partial charge in [-0.15, -0.1) is 0 Å². The molecule has 0 spiro atoms. The van der Waals surface area contributed by atoms with E-state index in [4.69, 9.17) is 0 Å². The summed E-state index contributed by atoms with van der Waals surface area (Å²) in [6.07, 6.45) is 5.42. The van der Waals surface area contributed by atoms with Crippen molar-refractivity contribution in [2.45, 2.75) is 166 Å². The monoisotopic (exact) mass is 1030 g/mol. The second-order valence-electron chi connectivity index (χ2n) is 22.0. The molecule has 18 nitrogen and oxygen atoms in total. The normalized spacial score (nSPS) is 22.8. The van der Waals surface area contributed by atoms with Crippen molar-refractivity contribution < 1.29 is 38.4 Å². The number of aryl methyl sites for hydroxylation is 2. The molecule has 75 heavy (non-hydrogen) atoms. The number of carbonyl (C=O) groups is 8. The molecule has 4 aliphatic rings. The van der Waals surface area contributed by atoms with Crippen LogP contribution in [0.1, 0.15) is 126 Å². The zero-order chi connectivity index (χ0) is 54.1. The first-order chi connectivity index (χ1) is 35.7. The molecule has 3 aromatic carbocycles. The van der Waals surface area contributed by atoms with Gasteiger partial charge in [-0.05, 0) is 125 Å². The molecule has 404 valence electrons. The number of carbonyl (C=O) groups excluding carboxylic acids is 8. The highest BCUT2D eigenvalue weighted by Gasteiger charge is 2.47. The summed E-state index contributed by atoms with van der Waals surface area (Å²) in [6, 6.07) is 16.8. The van der Waals surface area contributed by atoms with Gasteiger partial charge in [0.15, 0.2) is 0 Å². The van der Waals surface area contributed by atoms with E-state index in [1.165, 1.54) is 20.9 Å². The summed E-state index contributed by atoms with van der Waals surface area (Å²) >= 11 is 0. The first kappa shape index (κ1) is 56.1. The molecule has 2 saturated heterocycles. The number of hydrogen-bond acceptors (Lipinski definition) is 10. The highest BCUT2D eigenvalue weighted by atomic mass is 16.2. The number of nitrogens with one attached hydrogen (secondary N) is 8. The first-order valence-electron chi connectivity index (χ1n) is 26.7. The van der Waals surface area contributed by atoms with Gasteiger partial charge in [0, 0.05) is 25.2 Å². The summed E-state index contributed by atoms with van der Waals surface area (Å²) in [5, 5.41) is 24.0. The minimum Gasteiger partial charge on any atom is -0.351 e. The van der Waals surface area contributed by atoms with Crippen LogP contribution in [0.15, 0.2) is 72.8 Å². The predicted molar refractivity (Wildman–Crippen MR) is 285 cm³/mol. The Bertz CT molecular complexity index is 2600. The number of likely N-dealkylation sites (tertiary alicyclic amines) is 2. The summed E-state index contributed by atoms with van der Waals surface area (Å²) in [5.41, 5.74) is 5.04. The van der Waals surface area contributed by atoms with Crippen molar-refractivity contribution in [2.24, 2.45) is 5.41 Å². The van der Waals surface area contributed by atoms with E-state index < -0.39 is 65.6 Å². The van der Waals surface area contributed by atoms with Gasteiger partial charge >= 0.3 is 0 Å². The maximum absolute atomic E-state index is 14.6. The lowest BCUT2D eigenvalue weighted by Gasteiger charge is -2.36. The van der Waals surface area contributed by atoms with Gasteiger partial charge in [-0.1, -0.05) is 93.6 Å². The van der Waals surface area contributed by atoms with Crippen LogP contribution in [0.25, 0.3) is 0 Å². The van der Waals surface area contributed by atoms with Gasteiger partial charge in [-0.25, -0.2) is 0 Å². The Morgan fingerprint density at radius 1 is 0.560 bits per heavy atom. The molecule has 10 unspecified atom stereocenters. The Morgan fingerprint density at radius 2 is 1.00 bits per heavy atom. The van der Waals surface area contributed by atoms with E-state index in [-0.39, 0.29) is 86.3 Å². The highest BCUT2D eigenvalue weighted by Crippen LogP contribution is 2.33. The van der Waals surface area contributed by atoms with Crippen molar-refractivity contribution in [2.75, 3.05) is 27.2 Å². The van der Waals surface area contributed by atoms with Gasteiger partial charge in [-0.3, -0.25) is 38.4 Å². The molecule has 18 heteroatoms. The van der Waals surface area contributed by atoms with E-state index in [1.54, 1.807) is 59.1 Å². The van der Waals surface area contributed by atoms with Crippen LogP contribution in [-0.4, -0.2) is 133 Å². The third kappa shape index (κ3) is 14.0. The second-order valence-corrected chi connectivity index (χ2v) is 22.0. The maximum atomic E-state index is 14.6. The van der Waals surface area contributed by atoms with Crippen LogP contribution in [0.4, 0.5) is 0 Å². The van der Waals surface area contributed by atoms with Crippen molar-refractivity contribution in [3.05, 3.63) is 106 Å². The van der Waals surface area contributed by atoms with Crippen molar-refractivity contribution in [1.29, 1.82) is 0 Å². The fourth-order valence-corrected chi connectivity index (χ4v) is 11.0. The summed E-state index contributed by atoms with van der Waals surface area (Å²) < 4.78 is 0. The van der Waals surface area contributed by atoms with Crippen LogP contribution in [0.5, 0.6) is 0 Å². The fraction of sp³-hybridized carbons (Fsp3) is 0.544. The van der Waals surface area contributed by atoms with Crippen LogP contribution in [0.2, 0.25) is 0 Å². The second kappa shape index (κ2) is 24.8. The third-order valence-electron chi connectivity index (χ3n) is 15.4. The quantitative estimate of drug-likeness (QED) is 0.0927. The molecule has 2 fully saturated rings. The summed E-state index contributed by atoms with van der Waals surface area (Å²) in [6.45, 7) is 10.7. The Labute approximate surface area is 441 Å². The number of amides is 8. The van der Waals surface area contributed by atoms with E-state index in [9.17, 15) is 38.4 Å². The summed E-state index contributed by atoms with van der Waals surface area (Å²) in [7, 11) is 3.31. The fourth-order valence-electron chi connectivity index (χ4n) is 11.0. The molecule has 8 N–H and O–H groups in total. The molecule has 2 heterocycles. The van der Waals surface area contributed by atoms with Gasteiger partial charge < -0.3 is 52.3 Å². The van der Waals surface area contributed by atoms with Crippen LogP contribution >= 0.6 is 0 Å². The van der Waals surface area contributed by atoms with E-state index in [1.807, 2.05) is 57.2 Å². The minimum atomic E-state index is -0.961. The number of fused-ring (bicyclic) bond motifs is 2. The number of hydrogen-bond donors (Lipinski definition) is 8. The maximum Gasteiger partial charge on any atom is 0.246 e. The van der Waals surface area contributed by atoms with E-state index >= 15 is 0 Å². The largest absolute Gasteiger partial charge is 0.351 e. The Hall–Kier alpha value is -6.66. The molecule has 0 bridgehead atoms. The third-order valence-corrected chi connectivity index (χ3v) is 15.4. The van der Waals surface area contributed by atoms with Crippen LogP contribution in [0, 0.1) is 5.41 Å². The van der Waals surface area contributed by atoms with Gasteiger partial charge in [-0.2, -0.15) is 0 Å². The SMILES string of the molecule is CNC(C)C(=O)NC(C)C(=O)N1CC(NC(=O)Cc2cccc(CC(=O)NC3CC(C(=O)NC4CCCc5ccccc54)N(C(=O)C(NC(=O)C(C)NC)C(C)(C)C)C3)c2)CC1C(=O)NC1CCCc2ccccc21. The topological polar surface area (TPSA) is 239 Å². The van der Waals surface area contributed by atoms with Crippen LogP contribution < -0.4 is 42.5 Å². The van der Waals surface area contributed by atoms with Gasteiger partial charge in [0.1, 0.15) is 24.2 Å². The average Bonchev–Trinajstić information content (AvgIpc) is 4.01. The molecule has 10 atom stereocenters. The molecule has 3 aromatic rings. The van der Waals surface area contributed by atoms with Crippen LogP contribution in [0.3, 0.4) is 0 Å². The summed E-state index contributed by atoms with van der Waals surface area (Å²) in [5.74, 6) is -2.87. The molecule has 8 amide bonds. The lowest BCUT2D eigenvalue weighted by molar-refractivity contribution is -0.144. The van der Waals surface area contributed by atoms with Gasteiger partial charge in [0.2, 0.25) is 47.3 Å². The smallest absolute Gasteiger partial charge is 0.246 e. The average molecular weight is 1030 g/mol. The zero-order valence-electron chi connectivity index (χ0n) is 44.8. The van der Waals surface area contributed by atoms with Crippen LogP contribution in [-0.2, 0) is 64.0 Å². The van der Waals surface area contributed by atoms with Gasteiger partial charge in [0.05, 0.1) is 37.0 Å². The van der Waals surface area contributed by atoms with Crippen molar-refractivity contribution >= 4 is 47.3 Å². The molecule has 0 radical (unpaired) electrons. The molecular weight excluding hydrogens is 953 g/mol. The van der Waals surface area contributed by atoms with E-state index in [0.717, 1.165) is 49.7 Å². The Balaban J connectivity index is 1.00. The highest BCUT2D eigenvalue weighted by molar-refractivity contribution is 5.95. The minimum absolute atomic E-state index is 0.0372. The van der Waals surface area contributed by atoms with Crippen molar-refractivity contribution in [3.8, 4) is 0 Å². The molecule has 0 saturated carbocycles. The molecular formula is C57H78N10O8. The number of likely N-dealkylation sites (N-methyl/N-ethyl adjacent to an activating group) is 2. The van der Waals surface area contributed by atoms with Gasteiger partial charge in [0.25, 0.3) is 0 Å². The number of benzene rings is 3. The van der Waals surface area contributed by atoms with E-state index in [0.29, 0.717) is 11.1 Å². The van der Waals surface area contributed by atoms with E-state index in [2.05, 4.69) is 54.7 Å². The lowest BCUT2D eigenvalue weighted by atomic mass is 9.85. The Morgan fingerprint density at radius 3 is 1.45 bits per heavy atom. The predicted octanol–water partition coefficient (Wildman–Crippen LogP) is 2.58. The molecule has 0 aromatic heterocycles. The van der Waals surface area contributed by atoms with Crippen molar-refractivity contribution in [3.63, 3.8) is 0 Å². The Kier molecular flexibility index (Phi) is 18.5. The standard InChI is InChI=1S/C57H78N10O8/c1-33(58-7)51(70)60-35(3)55(74)66-31-40(29-46(66)53(72)63-44-24-14-20-38-18-9-11-22-42(38)44)61-48(68)27-36-16-13-17-37(26-36)28-49(69)62-41-30-47(54(73)64-45-25-15-21-39-19-10-12-23-43(39)45)67(32-41)56(75)50(57(4,5)6)65-52(71)34(2)59-8/h9-13,16-19,22-23,26,33-35,40-41,44-47,50,58-59H,14-15,20-21,24-25,27-32H2,1-8H3,(H,60,70)(H,61,68)(H,62,69)(H,63,72)(H,64,73)(H,65,71). The zero-order valence-corrected chi connectivity index (χ0v) is 44.8. The lowest BCUT2D eigenvalue weighted by Crippen LogP contribution is -2.59. The first-order valence-corrected chi connectivity index (χ1v) is 26.7. The molecule has 7 rings (SSSR count). The molecule has 2 aliphatic heterocycles. The van der Waals surface area contributed by atoms with Crippen molar-refractivity contribution in [1.82, 2.24) is 52.3 Å².